The van der Waals surface area contributed by atoms with Gasteiger partial charge in [-0.15, -0.1) is 5.10 Å². The average Bonchev–Trinajstić information content (AvgIpc) is 3.46. The fourth-order valence-electron chi connectivity index (χ4n) is 4.29. The number of rotatable bonds is 7. The molecule has 1 atom stereocenters. The van der Waals surface area contributed by atoms with Crippen molar-refractivity contribution < 1.29 is 19.4 Å². The summed E-state index contributed by atoms with van der Waals surface area (Å²) in [4.78, 5) is 24.3. The largest absolute Gasteiger partial charge is 0.480 e. The van der Waals surface area contributed by atoms with Crippen LogP contribution in [0.3, 0.4) is 0 Å². The number of carbonyl (C=O) groups is 2. The van der Waals surface area contributed by atoms with Gasteiger partial charge in [0.25, 0.3) is 0 Å². The van der Waals surface area contributed by atoms with Crippen LogP contribution in [0.1, 0.15) is 22.7 Å². The van der Waals surface area contributed by atoms with Crippen molar-refractivity contribution in [1.29, 1.82) is 0 Å². The Balaban J connectivity index is 1.24. The molecule has 1 aromatic heterocycles. The predicted molar refractivity (Wildman–Crippen MR) is 125 cm³/mol. The molecule has 5 rings (SSSR count). The molecule has 0 saturated carbocycles. The lowest BCUT2D eigenvalue weighted by Crippen LogP contribution is -2.43. The standard InChI is InChI=1S/C26H22N4O4/c31-25(32)24(14-17-15-30(29-28-17)18-8-2-1-3-9-18)27-26(33)34-16-23-21-12-6-4-10-19(21)20-11-5-7-13-22(20)23/h1-13,15,23-24H,14,16H2,(H,27,33)(H,31,32). The monoisotopic (exact) mass is 454 g/mol. The molecule has 170 valence electrons. The van der Waals surface area contributed by atoms with Crippen molar-refractivity contribution in [2.75, 3.05) is 6.61 Å². The SMILES string of the molecule is O=C(NC(Cc1cn(-c2ccccc2)nn1)C(=O)O)OCC1c2ccccc2-c2ccccc21. The van der Waals surface area contributed by atoms with E-state index in [1.54, 1.807) is 10.9 Å². The average molecular weight is 454 g/mol. The minimum Gasteiger partial charge on any atom is -0.480 e. The number of amides is 1. The van der Waals surface area contributed by atoms with Crippen molar-refractivity contribution in [2.45, 2.75) is 18.4 Å². The number of carboxylic acids is 1. The molecular weight excluding hydrogens is 432 g/mol. The zero-order chi connectivity index (χ0) is 23.5. The molecule has 1 amide bonds. The van der Waals surface area contributed by atoms with Gasteiger partial charge in [0, 0.05) is 12.3 Å². The number of alkyl carbamates (subject to hydrolysis) is 1. The minimum absolute atomic E-state index is 0.0215. The first-order valence-corrected chi connectivity index (χ1v) is 10.9. The van der Waals surface area contributed by atoms with Crippen LogP contribution >= 0.6 is 0 Å². The number of nitrogens with one attached hydrogen (secondary N) is 1. The Kier molecular flexibility index (Phi) is 5.78. The molecule has 2 N–H and O–H groups in total. The second kappa shape index (κ2) is 9.19. The van der Waals surface area contributed by atoms with E-state index in [-0.39, 0.29) is 18.9 Å². The number of hydrogen-bond acceptors (Lipinski definition) is 5. The first kappa shape index (κ1) is 21.4. The summed E-state index contributed by atoms with van der Waals surface area (Å²) in [5, 5.41) is 20.1. The normalized spacial score (nSPS) is 13.1. The fraction of sp³-hybridized carbons (Fsp3) is 0.154. The third kappa shape index (κ3) is 4.25. The number of aromatic nitrogens is 3. The van der Waals surface area contributed by atoms with Crippen LogP contribution < -0.4 is 5.32 Å². The van der Waals surface area contributed by atoms with Gasteiger partial charge in [-0.3, -0.25) is 0 Å². The number of aliphatic carboxylic acids is 1. The van der Waals surface area contributed by atoms with Gasteiger partial charge in [0.05, 0.1) is 17.6 Å². The Hall–Kier alpha value is -4.46. The quantitative estimate of drug-likeness (QED) is 0.440. The van der Waals surface area contributed by atoms with E-state index in [1.165, 1.54) is 0 Å². The van der Waals surface area contributed by atoms with Crippen LogP contribution in [0.4, 0.5) is 4.79 Å². The van der Waals surface area contributed by atoms with Crippen molar-refractivity contribution in [1.82, 2.24) is 20.3 Å². The number of ether oxygens (including phenoxy) is 1. The molecule has 0 bridgehead atoms. The summed E-state index contributed by atoms with van der Waals surface area (Å²) in [5.41, 5.74) is 5.66. The molecule has 4 aromatic rings. The van der Waals surface area contributed by atoms with E-state index in [1.807, 2.05) is 66.7 Å². The van der Waals surface area contributed by atoms with Crippen molar-refractivity contribution in [3.8, 4) is 16.8 Å². The van der Waals surface area contributed by atoms with Crippen molar-refractivity contribution in [2.24, 2.45) is 0 Å². The molecule has 1 aliphatic rings. The van der Waals surface area contributed by atoms with E-state index in [9.17, 15) is 14.7 Å². The van der Waals surface area contributed by atoms with E-state index in [4.69, 9.17) is 4.74 Å². The highest BCUT2D eigenvalue weighted by atomic mass is 16.5. The molecule has 8 heteroatoms. The van der Waals surface area contributed by atoms with Gasteiger partial charge < -0.3 is 15.2 Å². The van der Waals surface area contributed by atoms with Crippen LogP contribution in [0.2, 0.25) is 0 Å². The van der Waals surface area contributed by atoms with Crippen LogP contribution in [0.25, 0.3) is 16.8 Å². The first-order valence-electron chi connectivity index (χ1n) is 10.9. The van der Waals surface area contributed by atoms with Gasteiger partial charge in [-0.05, 0) is 34.4 Å². The smallest absolute Gasteiger partial charge is 0.407 e. The van der Waals surface area contributed by atoms with Gasteiger partial charge in [-0.1, -0.05) is 71.9 Å². The number of fused-ring (bicyclic) bond motifs is 3. The number of benzene rings is 3. The summed E-state index contributed by atoms with van der Waals surface area (Å²) < 4.78 is 7.04. The van der Waals surface area contributed by atoms with Gasteiger partial charge in [-0.2, -0.15) is 0 Å². The van der Waals surface area contributed by atoms with Crippen LogP contribution in [-0.2, 0) is 16.0 Å². The van der Waals surface area contributed by atoms with E-state index in [0.717, 1.165) is 27.9 Å². The maximum absolute atomic E-state index is 12.5. The molecular formula is C26H22N4O4. The molecule has 1 unspecified atom stereocenters. The van der Waals surface area contributed by atoms with Gasteiger partial charge in [-0.25, -0.2) is 14.3 Å². The summed E-state index contributed by atoms with van der Waals surface area (Å²) in [6, 6.07) is 24.2. The molecule has 0 radical (unpaired) electrons. The van der Waals surface area contributed by atoms with Crippen molar-refractivity contribution in [3.05, 3.63) is 102 Å². The summed E-state index contributed by atoms with van der Waals surface area (Å²) in [6.45, 7) is 0.108. The molecule has 0 fully saturated rings. The molecule has 3 aromatic carbocycles. The highest BCUT2D eigenvalue weighted by Gasteiger charge is 2.30. The topological polar surface area (TPSA) is 106 Å². The second-order valence-corrected chi connectivity index (χ2v) is 8.05. The molecule has 0 spiro atoms. The van der Waals surface area contributed by atoms with Crippen molar-refractivity contribution >= 4 is 12.1 Å². The molecule has 0 saturated heterocycles. The highest BCUT2D eigenvalue weighted by Crippen LogP contribution is 2.44. The van der Waals surface area contributed by atoms with E-state index < -0.39 is 18.1 Å². The maximum atomic E-state index is 12.5. The van der Waals surface area contributed by atoms with Crippen LogP contribution in [0, 0.1) is 0 Å². The van der Waals surface area contributed by atoms with E-state index >= 15 is 0 Å². The first-order chi connectivity index (χ1) is 16.6. The van der Waals surface area contributed by atoms with Gasteiger partial charge in [0.2, 0.25) is 0 Å². The van der Waals surface area contributed by atoms with Gasteiger partial charge in [0.1, 0.15) is 12.6 Å². The Bertz CT molecular complexity index is 1290. The Morgan fingerprint density at radius 2 is 1.56 bits per heavy atom. The van der Waals surface area contributed by atoms with Crippen LogP contribution in [-0.4, -0.2) is 44.8 Å². The number of carbonyl (C=O) groups excluding carboxylic acids is 1. The third-order valence-corrected chi connectivity index (χ3v) is 5.91. The molecule has 1 aliphatic carbocycles. The zero-order valence-electron chi connectivity index (χ0n) is 18.2. The molecule has 34 heavy (non-hydrogen) atoms. The highest BCUT2D eigenvalue weighted by molar-refractivity contribution is 5.81. The zero-order valence-corrected chi connectivity index (χ0v) is 18.2. The summed E-state index contributed by atoms with van der Waals surface area (Å²) >= 11 is 0. The number of nitrogens with zero attached hydrogens (tertiary/aromatic N) is 3. The lowest BCUT2D eigenvalue weighted by atomic mass is 9.98. The summed E-state index contributed by atoms with van der Waals surface area (Å²) in [6.07, 6.45) is 0.835. The molecule has 0 aliphatic heterocycles. The van der Waals surface area contributed by atoms with Gasteiger partial charge >= 0.3 is 12.1 Å². The fourth-order valence-corrected chi connectivity index (χ4v) is 4.29. The Morgan fingerprint density at radius 3 is 2.21 bits per heavy atom. The third-order valence-electron chi connectivity index (χ3n) is 5.91. The van der Waals surface area contributed by atoms with Crippen molar-refractivity contribution in [3.63, 3.8) is 0 Å². The Labute approximate surface area is 195 Å². The summed E-state index contributed by atoms with van der Waals surface area (Å²) in [5.74, 6) is -1.28. The second-order valence-electron chi connectivity index (χ2n) is 8.05. The van der Waals surface area contributed by atoms with E-state index in [2.05, 4.69) is 27.8 Å². The van der Waals surface area contributed by atoms with Crippen LogP contribution in [0.15, 0.2) is 85.1 Å². The summed E-state index contributed by atoms with van der Waals surface area (Å²) in [7, 11) is 0. The maximum Gasteiger partial charge on any atom is 0.407 e. The van der Waals surface area contributed by atoms with Gasteiger partial charge in [0.15, 0.2) is 0 Å². The lowest BCUT2D eigenvalue weighted by molar-refractivity contribution is -0.139. The predicted octanol–water partition coefficient (Wildman–Crippen LogP) is 3.80. The van der Waals surface area contributed by atoms with Crippen LogP contribution in [0.5, 0.6) is 0 Å². The number of hydrogen-bond donors (Lipinski definition) is 2. The number of para-hydroxylation sites is 1. The Morgan fingerprint density at radius 1 is 0.941 bits per heavy atom. The number of carboxylic acid groups (broad SMARTS) is 1. The molecule has 1 heterocycles. The van der Waals surface area contributed by atoms with E-state index in [0.29, 0.717) is 5.69 Å². The molecule has 8 nitrogen and oxygen atoms in total. The lowest BCUT2D eigenvalue weighted by Gasteiger charge is -2.17. The minimum atomic E-state index is -1.20.